The Morgan fingerprint density at radius 2 is 1.93 bits per heavy atom. The average Bonchev–Trinajstić information content (AvgIpc) is 3.24. The second-order valence-corrected chi connectivity index (χ2v) is 9.72. The Bertz CT molecular complexity index is 1170. The molecule has 1 amide bonds. The summed E-state index contributed by atoms with van der Waals surface area (Å²) >= 11 is 1.09. The molecule has 2 N–H and O–H groups in total. The van der Waals surface area contributed by atoms with Crippen LogP contribution in [0.25, 0.3) is 11.0 Å². The van der Waals surface area contributed by atoms with E-state index >= 15 is 0 Å². The lowest BCUT2D eigenvalue weighted by molar-refractivity contribution is -0.114. The van der Waals surface area contributed by atoms with Gasteiger partial charge in [-0.25, -0.2) is 8.42 Å². The van der Waals surface area contributed by atoms with Crippen LogP contribution in [-0.2, 0) is 14.8 Å². The molecule has 0 saturated carbocycles. The SMILES string of the molecule is Cc1ccc(NCC(=O)Nc2cccc3nsnc23)cc1S(=O)(=O)N1CCCCC1. The maximum absolute atomic E-state index is 13.0. The molecule has 0 spiro atoms. The Balaban J connectivity index is 1.45. The molecular formula is C20H23N5O3S2. The first-order valence-corrected chi connectivity index (χ1v) is 12.0. The van der Waals surface area contributed by atoms with E-state index in [2.05, 4.69) is 19.4 Å². The molecule has 0 bridgehead atoms. The van der Waals surface area contributed by atoms with Crippen molar-refractivity contribution in [1.82, 2.24) is 13.1 Å². The minimum absolute atomic E-state index is 0.000214. The quantitative estimate of drug-likeness (QED) is 0.604. The second kappa shape index (κ2) is 8.66. The van der Waals surface area contributed by atoms with Gasteiger partial charge in [0.25, 0.3) is 0 Å². The van der Waals surface area contributed by atoms with Crippen LogP contribution in [0.1, 0.15) is 24.8 Å². The summed E-state index contributed by atoms with van der Waals surface area (Å²) in [6.45, 7) is 2.90. The van der Waals surface area contributed by atoms with E-state index in [0.717, 1.165) is 36.5 Å². The van der Waals surface area contributed by atoms with Gasteiger partial charge in [-0.2, -0.15) is 13.1 Å². The summed E-state index contributed by atoms with van der Waals surface area (Å²) in [7, 11) is -3.54. The first-order valence-electron chi connectivity index (χ1n) is 9.81. The average molecular weight is 446 g/mol. The van der Waals surface area contributed by atoms with Gasteiger partial charge in [-0.3, -0.25) is 4.79 Å². The van der Waals surface area contributed by atoms with E-state index in [1.165, 1.54) is 0 Å². The fourth-order valence-corrected chi connectivity index (χ4v) is 5.83. The van der Waals surface area contributed by atoms with Crippen molar-refractivity contribution in [3.05, 3.63) is 42.0 Å². The van der Waals surface area contributed by atoms with Crippen molar-refractivity contribution in [1.29, 1.82) is 0 Å². The summed E-state index contributed by atoms with van der Waals surface area (Å²) in [5.41, 5.74) is 3.27. The van der Waals surface area contributed by atoms with E-state index in [-0.39, 0.29) is 17.3 Å². The monoisotopic (exact) mass is 445 g/mol. The smallest absolute Gasteiger partial charge is 0.243 e. The molecule has 0 aliphatic carbocycles. The van der Waals surface area contributed by atoms with Crippen molar-refractivity contribution in [2.24, 2.45) is 0 Å². The Morgan fingerprint density at radius 1 is 1.13 bits per heavy atom. The zero-order chi connectivity index (χ0) is 21.1. The zero-order valence-corrected chi connectivity index (χ0v) is 18.2. The summed E-state index contributed by atoms with van der Waals surface area (Å²) in [6.07, 6.45) is 2.84. The van der Waals surface area contributed by atoms with E-state index in [1.807, 2.05) is 12.1 Å². The standard InChI is InChI=1S/C20H23N5O3S2/c1-14-8-9-15(12-18(14)30(27,28)25-10-3-2-4-11-25)21-13-19(26)22-16-6-5-7-17-20(16)24-29-23-17/h5-9,12,21H,2-4,10-11,13H2,1H3,(H,22,26). The molecule has 3 aromatic rings. The number of aryl methyl sites for hydroxylation is 1. The number of fused-ring (bicyclic) bond motifs is 1. The summed E-state index contributed by atoms with van der Waals surface area (Å²) < 4.78 is 36.0. The molecule has 30 heavy (non-hydrogen) atoms. The van der Waals surface area contributed by atoms with Crippen molar-refractivity contribution in [2.45, 2.75) is 31.1 Å². The molecule has 2 heterocycles. The number of nitrogens with one attached hydrogen (secondary N) is 2. The first kappa shape index (κ1) is 20.7. The molecule has 1 aliphatic heterocycles. The molecule has 0 radical (unpaired) electrons. The van der Waals surface area contributed by atoms with Gasteiger partial charge in [0, 0.05) is 18.8 Å². The van der Waals surface area contributed by atoms with Gasteiger partial charge in [-0.05, 0) is 49.6 Å². The van der Waals surface area contributed by atoms with Crippen LogP contribution in [0.15, 0.2) is 41.3 Å². The van der Waals surface area contributed by atoms with Gasteiger partial charge < -0.3 is 10.6 Å². The fourth-order valence-electron chi connectivity index (χ4n) is 3.52. The van der Waals surface area contributed by atoms with E-state index in [0.29, 0.717) is 35.5 Å². The van der Waals surface area contributed by atoms with Crippen molar-refractivity contribution < 1.29 is 13.2 Å². The molecular weight excluding hydrogens is 422 g/mol. The van der Waals surface area contributed by atoms with Gasteiger partial charge in [0.15, 0.2) is 0 Å². The van der Waals surface area contributed by atoms with E-state index in [4.69, 9.17) is 0 Å². The minimum Gasteiger partial charge on any atom is -0.376 e. The summed E-state index contributed by atoms with van der Waals surface area (Å²) in [4.78, 5) is 12.7. The largest absolute Gasteiger partial charge is 0.376 e. The predicted molar refractivity (Wildman–Crippen MR) is 118 cm³/mol. The van der Waals surface area contributed by atoms with Gasteiger partial charge in [-0.1, -0.05) is 18.6 Å². The molecule has 4 rings (SSSR count). The van der Waals surface area contributed by atoms with Crippen LogP contribution in [-0.4, -0.2) is 47.0 Å². The number of carbonyl (C=O) groups is 1. The maximum atomic E-state index is 13.0. The van der Waals surface area contributed by atoms with E-state index in [9.17, 15) is 13.2 Å². The highest BCUT2D eigenvalue weighted by molar-refractivity contribution is 7.89. The predicted octanol–water partition coefficient (Wildman–Crippen LogP) is 3.22. The van der Waals surface area contributed by atoms with Crippen LogP contribution in [0.2, 0.25) is 0 Å². The third kappa shape index (κ3) is 4.30. The van der Waals surface area contributed by atoms with Crippen LogP contribution >= 0.6 is 11.7 Å². The van der Waals surface area contributed by atoms with Gasteiger partial charge >= 0.3 is 0 Å². The highest BCUT2D eigenvalue weighted by atomic mass is 32.2. The number of hydrogen-bond acceptors (Lipinski definition) is 7. The number of rotatable bonds is 6. The van der Waals surface area contributed by atoms with E-state index < -0.39 is 10.0 Å². The number of hydrogen-bond donors (Lipinski definition) is 2. The van der Waals surface area contributed by atoms with Crippen LogP contribution in [0, 0.1) is 6.92 Å². The third-order valence-electron chi connectivity index (χ3n) is 5.13. The number of piperidine rings is 1. The zero-order valence-electron chi connectivity index (χ0n) is 16.6. The Labute approximate surface area is 179 Å². The lowest BCUT2D eigenvalue weighted by atomic mass is 10.2. The molecule has 1 aromatic heterocycles. The number of aromatic nitrogens is 2. The Hall–Kier alpha value is -2.56. The van der Waals surface area contributed by atoms with Crippen LogP contribution in [0.4, 0.5) is 11.4 Å². The van der Waals surface area contributed by atoms with Gasteiger partial charge in [0.05, 0.1) is 28.9 Å². The number of anilines is 2. The highest BCUT2D eigenvalue weighted by Crippen LogP contribution is 2.26. The number of benzene rings is 2. The van der Waals surface area contributed by atoms with Crippen LogP contribution in [0.3, 0.4) is 0 Å². The molecule has 10 heteroatoms. The normalized spacial score (nSPS) is 15.2. The third-order valence-corrected chi connectivity index (χ3v) is 7.72. The topological polar surface area (TPSA) is 104 Å². The molecule has 158 valence electrons. The summed E-state index contributed by atoms with van der Waals surface area (Å²) in [6, 6.07) is 10.6. The lowest BCUT2D eigenvalue weighted by Gasteiger charge is -2.26. The maximum Gasteiger partial charge on any atom is 0.243 e. The summed E-state index contributed by atoms with van der Waals surface area (Å²) in [5, 5.41) is 5.85. The van der Waals surface area contributed by atoms with Gasteiger partial charge in [0.1, 0.15) is 11.0 Å². The molecule has 1 aliphatic rings. The number of nitrogens with zero attached hydrogens (tertiary/aromatic N) is 3. The summed E-state index contributed by atoms with van der Waals surface area (Å²) in [5.74, 6) is -0.253. The van der Waals surface area contributed by atoms with Crippen LogP contribution < -0.4 is 10.6 Å². The molecule has 2 aromatic carbocycles. The second-order valence-electron chi connectivity index (χ2n) is 7.28. The first-order chi connectivity index (χ1) is 14.4. The minimum atomic E-state index is -3.54. The number of sulfonamides is 1. The fraction of sp³-hybridized carbons (Fsp3) is 0.350. The number of amides is 1. The molecule has 0 unspecified atom stereocenters. The van der Waals surface area contributed by atoms with Crippen molar-refractivity contribution in [2.75, 3.05) is 30.3 Å². The van der Waals surface area contributed by atoms with Crippen molar-refractivity contribution in [3.8, 4) is 0 Å². The van der Waals surface area contributed by atoms with E-state index in [1.54, 1.807) is 35.5 Å². The molecule has 8 nitrogen and oxygen atoms in total. The van der Waals surface area contributed by atoms with Crippen LogP contribution in [0.5, 0.6) is 0 Å². The van der Waals surface area contributed by atoms with Gasteiger partial charge in [-0.15, -0.1) is 0 Å². The number of carbonyl (C=O) groups excluding carboxylic acids is 1. The molecule has 1 saturated heterocycles. The molecule has 0 atom stereocenters. The highest BCUT2D eigenvalue weighted by Gasteiger charge is 2.27. The lowest BCUT2D eigenvalue weighted by Crippen LogP contribution is -2.36. The Morgan fingerprint density at radius 3 is 2.73 bits per heavy atom. The molecule has 1 fully saturated rings. The van der Waals surface area contributed by atoms with Crippen molar-refractivity contribution >= 4 is 50.1 Å². The van der Waals surface area contributed by atoms with Gasteiger partial charge in [0.2, 0.25) is 15.9 Å². The Kier molecular flexibility index (Phi) is 5.98. The van der Waals surface area contributed by atoms with Crippen molar-refractivity contribution in [3.63, 3.8) is 0 Å².